The number of carbonyl (C=O) groups is 1. The van der Waals surface area contributed by atoms with E-state index in [0.29, 0.717) is 16.6 Å². The van der Waals surface area contributed by atoms with E-state index in [9.17, 15) is 27.5 Å². The van der Waals surface area contributed by atoms with E-state index in [4.69, 9.17) is 16.0 Å². The zero-order valence-corrected chi connectivity index (χ0v) is 18.7. The van der Waals surface area contributed by atoms with E-state index >= 15 is 0 Å². The number of nitrogens with one attached hydrogen (secondary N) is 1. The number of aryl methyl sites for hydroxylation is 1. The SMILES string of the molecule is Cc1ncc(CO)c2cc(C(=O)Nc3cccc(C(F)(F)F)c3)c(=Nc3ccc(F)c(Cl)c3)oc12. The van der Waals surface area contributed by atoms with Crippen molar-refractivity contribution < 1.29 is 31.9 Å². The summed E-state index contributed by atoms with van der Waals surface area (Å²) < 4.78 is 58.7. The van der Waals surface area contributed by atoms with Gasteiger partial charge >= 0.3 is 6.18 Å². The van der Waals surface area contributed by atoms with Gasteiger partial charge in [0.05, 0.1) is 28.6 Å². The van der Waals surface area contributed by atoms with Gasteiger partial charge in [0.25, 0.3) is 5.91 Å². The van der Waals surface area contributed by atoms with Gasteiger partial charge in [-0.2, -0.15) is 13.2 Å². The van der Waals surface area contributed by atoms with E-state index in [1.807, 2.05) is 0 Å². The average molecular weight is 506 g/mol. The lowest BCUT2D eigenvalue weighted by Crippen LogP contribution is -2.22. The second-order valence-electron chi connectivity index (χ2n) is 7.48. The smallest absolute Gasteiger partial charge is 0.416 e. The summed E-state index contributed by atoms with van der Waals surface area (Å²) in [4.78, 5) is 21.6. The number of halogens is 5. The topological polar surface area (TPSA) is 87.7 Å². The molecule has 0 fully saturated rings. The highest BCUT2D eigenvalue weighted by Crippen LogP contribution is 2.31. The fourth-order valence-electron chi connectivity index (χ4n) is 3.30. The van der Waals surface area contributed by atoms with Crippen LogP contribution in [0.5, 0.6) is 0 Å². The van der Waals surface area contributed by atoms with Crippen molar-refractivity contribution in [2.45, 2.75) is 19.7 Å². The second kappa shape index (κ2) is 9.47. The van der Waals surface area contributed by atoms with Crippen LogP contribution in [0, 0.1) is 12.7 Å². The number of anilines is 1. The number of rotatable bonds is 4. The molecule has 0 aliphatic rings. The summed E-state index contributed by atoms with van der Waals surface area (Å²) in [6.07, 6.45) is -3.18. The minimum absolute atomic E-state index is 0.103. The quantitative estimate of drug-likeness (QED) is 0.337. The zero-order chi connectivity index (χ0) is 25.3. The molecular weight excluding hydrogens is 490 g/mol. The van der Waals surface area contributed by atoms with Gasteiger partial charge in [-0.1, -0.05) is 17.7 Å². The van der Waals surface area contributed by atoms with E-state index in [-0.39, 0.29) is 33.1 Å². The van der Waals surface area contributed by atoms with Gasteiger partial charge in [-0.3, -0.25) is 9.78 Å². The van der Waals surface area contributed by atoms with E-state index < -0.39 is 30.1 Å². The number of aliphatic hydroxyl groups excluding tert-OH is 1. The van der Waals surface area contributed by atoms with Gasteiger partial charge < -0.3 is 14.8 Å². The minimum Gasteiger partial charge on any atom is -0.436 e. The molecule has 2 aromatic carbocycles. The number of fused-ring (bicyclic) bond motifs is 1. The molecule has 0 spiro atoms. The van der Waals surface area contributed by atoms with Crippen molar-refractivity contribution in [1.29, 1.82) is 0 Å². The van der Waals surface area contributed by atoms with Crippen LogP contribution in [0.1, 0.15) is 27.2 Å². The van der Waals surface area contributed by atoms with Gasteiger partial charge in [0, 0.05) is 22.8 Å². The molecule has 2 heterocycles. The Morgan fingerprint density at radius 1 is 1.20 bits per heavy atom. The molecule has 2 N–H and O–H groups in total. The number of alkyl halides is 3. The lowest BCUT2D eigenvalue weighted by atomic mass is 10.1. The molecule has 4 rings (SSSR count). The van der Waals surface area contributed by atoms with Crippen LogP contribution in [0.2, 0.25) is 5.02 Å². The maximum Gasteiger partial charge on any atom is 0.416 e. The van der Waals surface area contributed by atoms with Crippen molar-refractivity contribution >= 4 is 39.9 Å². The summed E-state index contributed by atoms with van der Waals surface area (Å²) in [7, 11) is 0. The average Bonchev–Trinajstić information content (AvgIpc) is 2.81. The standard InChI is InChI=1S/C24H16ClF4N3O3/c1-12-21-17(13(11-33)10-30-12)9-18(23(35-21)32-16-5-6-20(26)19(25)8-16)22(34)31-15-4-2-3-14(7-15)24(27,28)29/h2-10,33H,11H2,1H3,(H,31,34). The highest BCUT2D eigenvalue weighted by Gasteiger charge is 2.30. The Morgan fingerprint density at radius 2 is 1.97 bits per heavy atom. The molecule has 11 heteroatoms. The lowest BCUT2D eigenvalue weighted by molar-refractivity contribution is -0.137. The van der Waals surface area contributed by atoms with Crippen molar-refractivity contribution in [3.05, 3.63) is 93.5 Å². The molecule has 0 radical (unpaired) electrons. The Hall–Kier alpha value is -3.76. The van der Waals surface area contributed by atoms with Crippen LogP contribution in [0.3, 0.4) is 0 Å². The summed E-state index contributed by atoms with van der Waals surface area (Å²) in [5.74, 6) is -1.49. The highest BCUT2D eigenvalue weighted by molar-refractivity contribution is 6.31. The molecule has 4 aromatic rings. The van der Waals surface area contributed by atoms with Crippen LogP contribution in [0.15, 0.2) is 64.1 Å². The Balaban J connectivity index is 1.89. The van der Waals surface area contributed by atoms with Crippen LogP contribution in [-0.4, -0.2) is 16.0 Å². The molecule has 0 saturated carbocycles. The van der Waals surface area contributed by atoms with Crippen molar-refractivity contribution in [1.82, 2.24) is 4.98 Å². The maximum absolute atomic E-state index is 13.6. The third-order valence-corrected chi connectivity index (χ3v) is 5.34. The van der Waals surface area contributed by atoms with Crippen molar-refractivity contribution in [3.8, 4) is 0 Å². The summed E-state index contributed by atoms with van der Waals surface area (Å²) >= 11 is 5.83. The first kappa shape index (κ1) is 24.4. The fraction of sp³-hybridized carbons (Fsp3) is 0.125. The van der Waals surface area contributed by atoms with Gasteiger partial charge in [-0.15, -0.1) is 0 Å². The molecule has 35 heavy (non-hydrogen) atoms. The van der Waals surface area contributed by atoms with Gasteiger partial charge in [0.2, 0.25) is 5.55 Å². The predicted octanol–water partition coefficient (Wildman–Crippen LogP) is 5.92. The van der Waals surface area contributed by atoms with E-state index in [1.54, 1.807) is 6.92 Å². The lowest BCUT2D eigenvalue weighted by Gasteiger charge is -2.11. The maximum atomic E-state index is 13.6. The number of pyridine rings is 1. The normalized spacial score (nSPS) is 12.3. The van der Waals surface area contributed by atoms with Crippen LogP contribution < -0.4 is 10.9 Å². The van der Waals surface area contributed by atoms with Crippen LogP contribution in [-0.2, 0) is 12.8 Å². The predicted molar refractivity (Wildman–Crippen MR) is 121 cm³/mol. The molecule has 0 aliphatic carbocycles. The number of aliphatic hydroxyl groups is 1. The van der Waals surface area contributed by atoms with Gasteiger partial charge in [0.1, 0.15) is 11.4 Å². The summed E-state index contributed by atoms with van der Waals surface area (Å²) in [6, 6.07) is 9.14. The molecule has 2 aromatic heterocycles. The highest BCUT2D eigenvalue weighted by atomic mass is 35.5. The Morgan fingerprint density at radius 3 is 2.66 bits per heavy atom. The summed E-state index contributed by atoms with van der Waals surface area (Å²) in [6.45, 7) is 1.24. The first-order valence-corrected chi connectivity index (χ1v) is 10.5. The Bertz CT molecular complexity index is 1520. The third-order valence-electron chi connectivity index (χ3n) is 5.05. The molecule has 180 valence electrons. The number of aromatic nitrogens is 1. The molecule has 0 unspecified atom stereocenters. The Kier molecular flexibility index (Phi) is 6.60. The largest absolute Gasteiger partial charge is 0.436 e. The minimum atomic E-state index is -4.60. The Labute approximate surface area is 200 Å². The van der Waals surface area contributed by atoms with Crippen LogP contribution in [0.25, 0.3) is 11.0 Å². The van der Waals surface area contributed by atoms with Gasteiger partial charge in [0.15, 0.2) is 5.58 Å². The monoisotopic (exact) mass is 505 g/mol. The summed E-state index contributed by atoms with van der Waals surface area (Å²) in [5, 5.41) is 12.3. The number of benzene rings is 2. The van der Waals surface area contributed by atoms with Crippen LogP contribution >= 0.6 is 11.6 Å². The van der Waals surface area contributed by atoms with Crippen LogP contribution in [0.4, 0.5) is 28.9 Å². The van der Waals surface area contributed by atoms with Crippen molar-refractivity contribution in [2.24, 2.45) is 4.99 Å². The second-order valence-corrected chi connectivity index (χ2v) is 7.89. The van der Waals surface area contributed by atoms with Crippen molar-refractivity contribution in [2.75, 3.05) is 5.32 Å². The molecule has 0 aliphatic heterocycles. The first-order valence-electron chi connectivity index (χ1n) is 10.1. The molecule has 0 saturated heterocycles. The van der Waals surface area contributed by atoms with Crippen molar-refractivity contribution in [3.63, 3.8) is 0 Å². The molecule has 0 bridgehead atoms. The van der Waals surface area contributed by atoms with Gasteiger partial charge in [-0.25, -0.2) is 9.38 Å². The van der Waals surface area contributed by atoms with Gasteiger partial charge in [-0.05, 0) is 49.4 Å². The summed E-state index contributed by atoms with van der Waals surface area (Å²) in [5.41, 5.74) is -0.201. The number of carbonyl (C=O) groups excluding carboxylic acids is 1. The van der Waals surface area contributed by atoms with E-state index in [2.05, 4.69) is 15.3 Å². The number of nitrogens with zero attached hydrogens (tertiary/aromatic N) is 2. The number of hydrogen-bond acceptors (Lipinski definition) is 5. The molecule has 6 nitrogen and oxygen atoms in total. The van der Waals surface area contributed by atoms with E-state index in [1.165, 1.54) is 30.5 Å². The zero-order valence-electron chi connectivity index (χ0n) is 18.0. The third kappa shape index (κ3) is 5.18. The molecule has 1 amide bonds. The fourth-order valence-corrected chi connectivity index (χ4v) is 3.48. The first-order chi connectivity index (χ1) is 16.6. The number of hydrogen-bond donors (Lipinski definition) is 2. The number of amides is 1. The molecule has 0 atom stereocenters. The molecular formula is C24H16ClF4N3O3. The van der Waals surface area contributed by atoms with E-state index in [0.717, 1.165) is 24.3 Å².